The summed E-state index contributed by atoms with van der Waals surface area (Å²) < 4.78 is 0. The first-order valence-electron chi connectivity index (χ1n) is 5.29. The van der Waals surface area contributed by atoms with Crippen LogP contribution in [0.3, 0.4) is 0 Å². The van der Waals surface area contributed by atoms with Gasteiger partial charge in [-0.1, -0.05) is 18.5 Å². The molecule has 1 heterocycles. The van der Waals surface area contributed by atoms with Gasteiger partial charge in [0.25, 0.3) is 0 Å². The molecule has 1 saturated carbocycles. The molecule has 1 aromatic heterocycles. The first kappa shape index (κ1) is 10.5. The topological polar surface area (TPSA) is 63.8 Å². The van der Waals surface area contributed by atoms with Crippen molar-refractivity contribution in [2.24, 2.45) is 0 Å². The van der Waals surface area contributed by atoms with E-state index in [0.717, 1.165) is 18.7 Å². The Bertz CT molecular complexity index is 363. The van der Waals surface area contributed by atoms with Gasteiger partial charge in [0.1, 0.15) is 11.5 Å². The number of halogens is 1. The van der Waals surface area contributed by atoms with Crippen molar-refractivity contribution >= 4 is 23.1 Å². The smallest absolute Gasteiger partial charge is 0.157 e. The molecule has 2 rings (SSSR count). The van der Waals surface area contributed by atoms with Gasteiger partial charge in [-0.05, 0) is 19.3 Å². The number of nitrogen functional groups attached to an aromatic ring is 1. The lowest BCUT2D eigenvalue weighted by Crippen LogP contribution is -2.10. The van der Waals surface area contributed by atoms with E-state index in [-0.39, 0.29) is 0 Å². The lowest BCUT2D eigenvalue weighted by atomic mass is 10.3. The third-order valence-corrected chi connectivity index (χ3v) is 2.63. The highest BCUT2D eigenvalue weighted by Gasteiger charge is 2.23. The van der Waals surface area contributed by atoms with Crippen molar-refractivity contribution in [1.82, 2.24) is 9.97 Å². The summed E-state index contributed by atoms with van der Waals surface area (Å²) in [6.07, 6.45) is 4.21. The highest BCUT2D eigenvalue weighted by Crippen LogP contribution is 2.29. The van der Waals surface area contributed by atoms with Crippen LogP contribution in [0.5, 0.6) is 0 Å². The van der Waals surface area contributed by atoms with Crippen LogP contribution >= 0.6 is 11.6 Å². The fraction of sp³-hybridized carbons (Fsp3) is 0.600. The molecule has 1 aliphatic carbocycles. The Labute approximate surface area is 94.2 Å². The predicted octanol–water partition coefficient (Wildman–Crippen LogP) is 2.24. The van der Waals surface area contributed by atoms with E-state index in [4.69, 9.17) is 17.3 Å². The predicted molar refractivity (Wildman–Crippen MR) is 62.1 cm³/mol. The van der Waals surface area contributed by atoms with Gasteiger partial charge in [-0.2, -0.15) is 0 Å². The Kier molecular flexibility index (Phi) is 2.95. The molecule has 0 aromatic carbocycles. The summed E-state index contributed by atoms with van der Waals surface area (Å²) in [6.45, 7) is 2.08. The first-order chi connectivity index (χ1) is 7.20. The molecule has 15 heavy (non-hydrogen) atoms. The van der Waals surface area contributed by atoms with Crippen molar-refractivity contribution in [3.8, 4) is 0 Å². The Hall–Kier alpha value is -1.03. The van der Waals surface area contributed by atoms with Crippen LogP contribution in [0.4, 0.5) is 11.5 Å². The summed E-state index contributed by atoms with van der Waals surface area (Å²) in [5.41, 5.74) is 6.27. The van der Waals surface area contributed by atoms with Crippen LogP contribution in [0.15, 0.2) is 0 Å². The SMILES string of the molecule is CCCc1nc(Cl)c(N)c(NC2CC2)n1. The van der Waals surface area contributed by atoms with Crippen molar-refractivity contribution in [2.45, 2.75) is 38.6 Å². The maximum Gasteiger partial charge on any atom is 0.157 e. The Morgan fingerprint density at radius 2 is 2.20 bits per heavy atom. The van der Waals surface area contributed by atoms with Gasteiger partial charge in [0.15, 0.2) is 11.0 Å². The van der Waals surface area contributed by atoms with E-state index in [1.807, 2.05) is 0 Å². The molecule has 0 amide bonds. The van der Waals surface area contributed by atoms with Crippen molar-refractivity contribution in [1.29, 1.82) is 0 Å². The molecule has 1 aromatic rings. The van der Waals surface area contributed by atoms with Crippen LogP contribution in [-0.4, -0.2) is 16.0 Å². The summed E-state index contributed by atoms with van der Waals surface area (Å²) in [4.78, 5) is 8.51. The van der Waals surface area contributed by atoms with Gasteiger partial charge in [0, 0.05) is 12.5 Å². The molecule has 1 aliphatic rings. The number of rotatable bonds is 4. The number of hydrogen-bond donors (Lipinski definition) is 2. The Balaban J connectivity index is 2.24. The zero-order valence-electron chi connectivity index (χ0n) is 8.76. The fourth-order valence-electron chi connectivity index (χ4n) is 1.35. The van der Waals surface area contributed by atoms with Crippen molar-refractivity contribution in [2.75, 3.05) is 11.1 Å². The average Bonchev–Trinajstić information content (AvgIpc) is 2.98. The standard InChI is InChI=1S/C10H15ClN4/c1-2-3-7-14-9(11)8(12)10(15-7)13-6-4-5-6/h6H,2-5,12H2,1H3,(H,13,14,15). The molecule has 1 fully saturated rings. The highest BCUT2D eigenvalue weighted by atomic mass is 35.5. The van der Waals surface area contributed by atoms with Gasteiger partial charge in [-0.3, -0.25) is 0 Å². The third-order valence-electron chi connectivity index (χ3n) is 2.34. The second-order valence-corrected chi connectivity index (χ2v) is 4.22. The molecule has 3 N–H and O–H groups in total. The van der Waals surface area contributed by atoms with Crippen LogP contribution in [0.25, 0.3) is 0 Å². The third kappa shape index (κ3) is 2.50. The van der Waals surface area contributed by atoms with Gasteiger partial charge in [-0.15, -0.1) is 0 Å². The molecular formula is C10H15ClN4. The van der Waals surface area contributed by atoms with Crippen LogP contribution in [0, 0.1) is 0 Å². The molecular weight excluding hydrogens is 212 g/mol. The Morgan fingerprint density at radius 1 is 1.47 bits per heavy atom. The van der Waals surface area contributed by atoms with Crippen LogP contribution in [0.1, 0.15) is 32.0 Å². The van der Waals surface area contributed by atoms with E-state index in [0.29, 0.717) is 22.7 Å². The number of nitrogens with zero attached hydrogens (tertiary/aromatic N) is 2. The normalized spacial score (nSPS) is 15.3. The van der Waals surface area contributed by atoms with E-state index in [1.165, 1.54) is 12.8 Å². The molecule has 5 heteroatoms. The maximum absolute atomic E-state index is 5.94. The fourth-order valence-corrected chi connectivity index (χ4v) is 1.54. The second kappa shape index (κ2) is 4.23. The zero-order valence-corrected chi connectivity index (χ0v) is 9.51. The van der Waals surface area contributed by atoms with Gasteiger partial charge in [0.2, 0.25) is 0 Å². The number of aryl methyl sites for hydroxylation is 1. The molecule has 0 spiro atoms. The van der Waals surface area contributed by atoms with Crippen molar-refractivity contribution in [3.05, 3.63) is 11.0 Å². The largest absolute Gasteiger partial charge is 0.393 e. The van der Waals surface area contributed by atoms with E-state index < -0.39 is 0 Å². The molecule has 4 nitrogen and oxygen atoms in total. The summed E-state index contributed by atoms with van der Waals surface area (Å²) in [5.74, 6) is 1.46. The van der Waals surface area contributed by atoms with Crippen LogP contribution in [0.2, 0.25) is 5.15 Å². The summed E-state index contributed by atoms with van der Waals surface area (Å²) in [5, 5.41) is 3.62. The Morgan fingerprint density at radius 3 is 2.80 bits per heavy atom. The summed E-state index contributed by atoms with van der Waals surface area (Å²) in [7, 11) is 0. The molecule has 0 saturated heterocycles. The second-order valence-electron chi connectivity index (χ2n) is 3.86. The monoisotopic (exact) mass is 226 g/mol. The van der Waals surface area contributed by atoms with E-state index in [9.17, 15) is 0 Å². The molecule has 82 valence electrons. The van der Waals surface area contributed by atoms with E-state index in [2.05, 4.69) is 22.2 Å². The molecule has 0 bridgehead atoms. The summed E-state index contributed by atoms with van der Waals surface area (Å²) in [6, 6.07) is 0.521. The van der Waals surface area contributed by atoms with Gasteiger partial charge in [0.05, 0.1) is 0 Å². The quantitative estimate of drug-likeness (QED) is 0.773. The minimum Gasteiger partial charge on any atom is -0.393 e. The maximum atomic E-state index is 5.94. The number of aromatic nitrogens is 2. The minimum absolute atomic E-state index is 0.358. The highest BCUT2D eigenvalue weighted by molar-refractivity contribution is 6.32. The average molecular weight is 227 g/mol. The van der Waals surface area contributed by atoms with Gasteiger partial charge < -0.3 is 11.1 Å². The van der Waals surface area contributed by atoms with E-state index in [1.54, 1.807) is 0 Å². The lowest BCUT2D eigenvalue weighted by Gasteiger charge is -2.09. The van der Waals surface area contributed by atoms with Gasteiger partial charge in [-0.25, -0.2) is 9.97 Å². The first-order valence-corrected chi connectivity index (χ1v) is 5.67. The van der Waals surface area contributed by atoms with Crippen LogP contribution < -0.4 is 11.1 Å². The van der Waals surface area contributed by atoms with Gasteiger partial charge >= 0.3 is 0 Å². The van der Waals surface area contributed by atoms with Crippen LogP contribution in [-0.2, 0) is 6.42 Å². The van der Waals surface area contributed by atoms with Crippen molar-refractivity contribution < 1.29 is 0 Å². The number of nitrogens with two attached hydrogens (primary N) is 1. The number of anilines is 2. The van der Waals surface area contributed by atoms with Crippen molar-refractivity contribution in [3.63, 3.8) is 0 Å². The number of hydrogen-bond acceptors (Lipinski definition) is 4. The molecule has 0 radical (unpaired) electrons. The molecule has 0 aliphatic heterocycles. The zero-order chi connectivity index (χ0) is 10.8. The summed E-state index contributed by atoms with van der Waals surface area (Å²) >= 11 is 5.94. The molecule has 0 unspecified atom stereocenters. The van der Waals surface area contributed by atoms with E-state index >= 15 is 0 Å². The number of nitrogens with one attached hydrogen (secondary N) is 1. The lowest BCUT2D eigenvalue weighted by molar-refractivity contribution is 0.835. The minimum atomic E-state index is 0.358. The molecule has 0 atom stereocenters.